The van der Waals surface area contributed by atoms with Gasteiger partial charge in [-0.1, -0.05) is 37.5 Å². The van der Waals surface area contributed by atoms with Gasteiger partial charge in [0.2, 0.25) is 0 Å². The second-order valence-corrected chi connectivity index (χ2v) is 6.91. The van der Waals surface area contributed by atoms with Gasteiger partial charge in [-0.3, -0.25) is 0 Å². The van der Waals surface area contributed by atoms with E-state index in [-0.39, 0.29) is 0 Å². The average molecular weight is 348 g/mol. The van der Waals surface area contributed by atoms with E-state index in [2.05, 4.69) is 16.9 Å². The second kappa shape index (κ2) is 8.39. The van der Waals surface area contributed by atoms with Gasteiger partial charge in [0.15, 0.2) is 5.13 Å². The van der Waals surface area contributed by atoms with Crippen LogP contribution in [0.15, 0.2) is 17.2 Å². The minimum absolute atomic E-state index is 0.579. The standard InChI is InChI=1S/C17H24N4O2S/c1-2-3-4-5-8-23-15-11-14-16(12-13(15)20-18)24-17(19-14)21-6-9-22-10-7-21/h11-12,18H,2-10H2,1H3. The average Bonchev–Trinajstić information content (AvgIpc) is 3.04. The monoisotopic (exact) mass is 348 g/mol. The molecule has 1 N–H and O–H groups in total. The number of morpholine rings is 1. The largest absolute Gasteiger partial charge is 0.491 e. The molecule has 1 aliphatic heterocycles. The number of benzene rings is 1. The molecule has 0 spiro atoms. The molecule has 0 amide bonds. The SMILES string of the molecule is CCCCCCOc1cc2nc(N3CCOCC3)sc2cc1N=N. The molecular formula is C17H24N4O2S. The molecular weight excluding hydrogens is 324 g/mol. The van der Waals surface area contributed by atoms with Crippen molar-refractivity contribution >= 4 is 32.4 Å². The predicted molar refractivity (Wildman–Crippen MR) is 97.1 cm³/mol. The molecule has 0 bridgehead atoms. The van der Waals surface area contributed by atoms with Gasteiger partial charge in [-0.2, -0.15) is 5.11 Å². The molecule has 1 aromatic carbocycles. The third kappa shape index (κ3) is 4.02. The van der Waals surface area contributed by atoms with Gasteiger partial charge < -0.3 is 14.4 Å². The number of nitrogens with zero attached hydrogens (tertiary/aromatic N) is 3. The summed E-state index contributed by atoms with van der Waals surface area (Å²) in [6, 6.07) is 3.83. The highest BCUT2D eigenvalue weighted by Crippen LogP contribution is 2.37. The highest BCUT2D eigenvalue weighted by molar-refractivity contribution is 7.22. The van der Waals surface area contributed by atoms with E-state index in [1.165, 1.54) is 19.3 Å². The minimum Gasteiger partial charge on any atom is -0.491 e. The Morgan fingerprint density at radius 1 is 1.29 bits per heavy atom. The van der Waals surface area contributed by atoms with Crippen LogP contribution in [0, 0.1) is 5.53 Å². The van der Waals surface area contributed by atoms with Crippen molar-refractivity contribution in [3.8, 4) is 5.75 Å². The first-order chi connectivity index (χ1) is 11.8. The highest BCUT2D eigenvalue weighted by atomic mass is 32.1. The van der Waals surface area contributed by atoms with Crippen LogP contribution >= 0.6 is 11.3 Å². The molecule has 0 atom stereocenters. The molecule has 24 heavy (non-hydrogen) atoms. The van der Waals surface area contributed by atoms with Gasteiger partial charge in [0.25, 0.3) is 0 Å². The number of aromatic nitrogens is 1. The lowest BCUT2D eigenvalue weighted by molar-refractivity contribution is 0.122. The van der Waals surface area contributed by atoms with Gasteiger partial charge in [-0.25, -0.2) is 10.5 Å². The van der Waals surface area contributed by atoms with Crippen LogP contribution < -0.4 is 9.64 Å². The summed E-state index contributed by atoms with van der Waals surface area (Å²) >= 11 is 1.64. The maximum absolute atomic E-state index is 7.41. The first-order valence-corrected chi connectivity index (χ1v) is 9.41. The molecule has 3 rings (SSSR count). The Hall–Kier alpha value is -1.73. The fraction of sp³-hybridized carbons (Fsp3) is 0.588. The number of rotatable bonds is 8. The molecule has 2 aromatic rings. The maximum atomic E-state index is 7.41. The summed E-state index contributed by atoms with van der Waals surface area (Å²) < 4.78 is 12.3. The fourth-order valence-electron chi connectivity index (χ4n) is 2.74. The quantitative estimate of drug-likeness (QED) is 0.552. The summed E-state index contributed by atoms with van der Waals surface area (Å²) in [7, 11) is 0. The van der Waals surface area contributed by atoms with E-state index in [0.717, 1.165) is 48.1 Å². The molecule has 0 radical (unpaired) electrons. The van der Waals surface area contributed by atoms with Crippen LogP contribution in [0.5, 0.6) is 5.75 Å². The van der Waals surface area contributed by atoms with Crippen LogP contribution in [-0.2, 0) is 4.74 Å². The normalized spacial score (nSPS) is 15.0. The fourth-order valence-corrected chi connectivity index (χ4v) is 3.77. The summed E-state index contributed by atoms with van der Waals surface area (Å²) in [5, 5.41) is 4.63. The summed E-state index contributed by atoms with van der Waals surface area (Å²) in [6.45, 7) is 6.09. The first-order valence-electron chi connectivity index (χ1n) is 8.59. The zero-order valence-electron chi connectivity index (χ0n) is 14.1. The van der Waals surface area contributed by atoms with Crippen molar-refractivity contribution in [3.05, 3.63) is 12.1 Å². The molecule has 1 fully saturated rings. The zero-order valence-corrected chi connectivity index (χ0v) is 14.9. The van der Waals surface area contributed by atoms with Crippen molar-refractivity contribution in [1.82, 2.24) is 4.98 Å². The third-order valence-corrected chi connectivity index (χ3v) is 5.19. The van der Waals surface area contributed by atoms with E-state index < -0.39 is 0 Å². The van der Waals surface area contributed by atoms with Crippen LogP contribution in [0.3, 0.4) is 0 Å². The van der Waals surface area contributed by atoms with Crippen LogP contribution in [0.2, 0.25) is 0 Å². The third-order valence-electron chi connectivity index (χ3n) is 4.12. The molecule has 1 aromatic heterocycles. The Kier molecular flexibility index (Phi) is 5.98. The van der Waals surface area contributed by atoms with Crippen LogP contribution in [0.4, 0.5) is 10.8 Å². The van der Waals surface area contributed by atoms with Crippen molar-refractivity contribution in [2.45, 2.75) is 32.6 Å². The van der Waals surface area contributed by atoms with Gasteiger partial charge in [0, 0.05) is 19.2 Å². The van der Waals surface area contributed by atoms with Crippen molar-refractivity contribution in [2.75, 3.05) is 37.8 Å². The Labute approximate surface area is 146 Å². The van der Waals surface area contributed by atoms with E-state index in [1.54, 1.807) is 11.3 Å². The van der Waals surface area contributed by atoms with Gasteiger partial charge in [-0.05, 0) is 12.5 Å². The lowest BCUT2D eigenvalue weighted by atomic mass is 10.2. The molecule has 1 saturated heterocycles. The molecule has 130 valence electrons. The number of anilines is 1. The van der Waals surface area contributed by atoms with Crippen molar-refractivity contribution < 1.29 is 9.47 Å². The molecule has 6 nitrogen and oxygen atoms in total. The van der Waals surface area contributed by atoms with Crippen molar-refractivity contribution in [3.63, 3.8) is 0 Å². The van der Waals surface area contributed by atoms with Crippen LogP contribution in [-0.4, -0.2) is 37.9 Å². The van der Waals surface area contributed by atoms with Crippen molar-refractivity contribution in [2.24, 2.45) is 5.11 Å². The van der Waals surface area contributed by atoms with E-state index in [4.69, 9.17) is 20.0 Å². The summed E-state index contributed by atoms with van der Waals surface area (Å²) in [4.78, 5) is 6.98. The summed E-state index contributed by atoms with van der Waals surface area (Å²) in [5.41, 5.74) is 8.90. The lowest BCUT2D eigenvalue weighted by Crippen LogP contribution is -2.36. The lowest BCUT2D eigenvalue weighted by Gasteiger charge is -2.25. The number of unbranched alkanes of at least 4 members (excludes halogenated alkanes) is 3. The van der Waals surface area contributed by atoms with Crippen LogP contribution in [0.25, 0.3) is 10.2 Å². The molecule has 0 unspecified atom stereocenters. The molecule has 0 saturated carbocycles. The number of hydrogen-bond acceptors (Lipinski definition) is 7. The number of ether oxygens (including phenoxy) is 2. The number of nitrogens with one attached hydrogen (secondary N) is 1. The first kappa shape index (κ1) is 17.1. The molecule has 1 aliphatic rings. The number of fused-ring (bicyclic) bond motifs is 1. The Morgan fingerprint density at radius 2 is 2.12 bits per heavy atom. The minimum atomic E-state index is 0.579. The van der Waals surface area contributed by atoms with E-state index in [9.17, 15) is 0 Å². The molecule has 7 heteroatoms. The van der Waals surface area contributed by atoms with Crippen LogP contribution in [0.1, 0.15) is 32.6 Å². The predicted octanol–water partition coefficient (Wildman–Crippen LogP) is 4.75. The van der Waals surface area contributed by atoms with Gasteiger partial charge in [-0.15, -0.1) is 0 Å². The Balaban J connectivity index is 1.75. The van der Waals surface area contributed by atoms with Gasteiger partial charge in [0.05, 0.1) is 30.0 Å². The maximum Gasteiger partial charge on any atom is 0.186 e. The highest BCUT2D eigenvalue weighted by Gasteiger charge is 2.17. The number of thiazole rings is 1. The Bertz CT molecular complexity index is 683. The number of hydrogen-bond donors (Lipinski definition) is 1. The summed E-state index contributed by atoms with van der Waals surface area (Å²) in [6.07, 6.45) is 4.64. The van der Waals surface area contributed by atoms with E-state index in [1.807, 2.05) is 12.1 Å². The van der Waals surface area contributed by atoms with E-state index >= 15 is 0 Å². The van der Waals surface area contributed by atoms with E-state index in [0.29, 0.717) is 18.0 Å². The molecule has 0 aliphatic carbocycles. The topological polar surface area (TPSA) is 70.8 Å². The van der Waals surface area contributed by atoms with Gasteiger partial charge >= 0.3 is 0 Å². The smallest absolute Gasteiger partial charge is 0.186 e. The van der Waals surface area contributed by atoms with Crippen molar-refractivity contribution in [1.29, 1.82) is 5.53 Å². The van der Waals surface area contributed by atoms with Gasteiger partial charge in [0.1, 0.15) is 11.4 Å². The Morgan fingerprint density at radius 3 is 2.88 bits per heavy atom. The zero-order chi connectivity index (χ0) is 16.8. The summed E-state index contributed by atoms with van der Waals surface area (Å²) in [5.74, 6) is 0.660. The molecule has 2 heterocycles. The second-order valence-electron chi connectivity index (χ2n) is 5.90.